The summed E-state index contributed by atoms with van der Waals surface area (Å²) in [6.45, 7) is 9.68. The maximum absolute atomic E-state index is 10.5. The van der Waals surface area contributed by atoms with Crippen molar-refractivity contribution < 1.29 is 25.9 Å². The summed E-state index contributed by atoms with van der Waals surface area (Å²) >= 11 is 0. The van der Waals surface area contributed by atoms with E-state index in [0.29, 0.717) is 0 Å². The normalized spacial score (nSPS) is 10.7. The molecule has 0 bridgehead atoms. The first kappa shape index (κ1) is 22.0. The SMILES string of the molecule is C=C.Cc1ccc(S(=O)(=O)O)cc1.Cc1ccc(S(=O)(=O)O)cc1. The van der Waals surface area contributed by atoms with Gasteiger partial charge in [0.1, 0.15) is 0 Å². The van der Waals surface area contributed by atoms with Crippen LogP contribution in [0.25, 0.3) is 0 Å². The monoisotopic (exact) mass is 372 g/mol. The van der Waals surface area contributed by atoms with Crippen molar-refractivity contribution in [3.05, 3.63) is 72.8 Å². The van der Waals surface area contributed by atoms with E-state index in [1.807, 2.05) is 13.8 Å². The summed E-state index contributed by atoms with van der Waals surface area (Å²) in [5.74, 6) is 0. The highest BCUT2D eigenvalue weighted by atomic mass is 32.2. The Kier molecular flexibility index (Phi) is 8.56. The molecule has 6 nitrogen and oxygen atoms in total. The zero-order chi connectivity index (χ0) is 19.0. The molecule has 0 amide bonds. The van der Waals surface area contributed by atoms with E-state index in [2.05, 4.69) is 13.2 Å². The fourth-order valence-electron chi connectivity index (χ4n) is 1.42. The lowest BCUT2D eigenvalue weighted by molar-refractivity contribution is 0.481. The van der Waals surface area contributed by atoms with Gasteiger partial charge in [-0.05, 0) is 38.1 Å². The van der Waals surface area contributed by atoms with Gasteiger partial charge in [-0.25, -0.2) is 0 Å². The third kappa shape index (κ3) is 8.02. The molecule has 0 unspecified atom stereocenters. The van der Waals surface area contributed by atoms with Crippen molar-refractivity contribution in [1.82, 2.24) is 0 Å². The first-order valence-electron chi connectivity index (χ1n) is 6.58. The quantitative estimate of drug-likeness (QED) is 0.618. The van der Waals surface area contributed by atoms with Gasteiger partial charge in [-0.3, -0.25) is 9.11 Å². The highest BCUT2D eigenvalue weighted by Crippen LogP contribution is 2.09. The van der Waals surface area contributed by atoms with Crippen LogP contribution in [0.5, 0.6) is 0 Å². The van der Waals surface area contributed by atoms with Crippen LogP contribution in [-0.4, -0.2) is 25.9 Å². The summed E-state index contributed by atoms with van der Waals surface area (Å²) in [7, 11) is -8.04. The fourth-order valence-corrected chi connectivity index (χ4v) is 2.38. The van der Waals surface area contributed by atoms with E-state index >= 15 is 0 Å². The highest BCUT2D eigenvalue weighted by Gasteiger charge is 2.07. The second kappa shape index (κ2) is 9.33. The van der Waals surface area contributed by atoms with Crippen molar-refractivity contribution in [2.45, 2.75) is 23.6 Å². The Morgan fingerprint density at radius 3 is 1.00 bits per heavy atom. The van der Waals surface area contributed by atoms with Gasteiger partial charge in [-0.15, -0.1) is 13.2 Å². The van der Waals surface area contributed by atoms with Gasteiger partial charge in [0, 0.05) is 0 Å². The van der Waals surface area contributed by atoms with E-state index in [0.717, 1.165) is 11.1 Å². The molecule has 8 heteroatoms. The van der Waals surface area contributed by atoms with E-state index < -0.39 is 20.2 Å². The molecule has 0 saturated heterocycles. The van der Waals surface area contributed by atoms with E-state index in [1.165, 1.54) is 24.3 Å². The summed E-state index contributed by atoms with van der Waals surface area (Å²) in [4.78, 5) is -0.133. The second-order valence-electron chi connectivity index (χ2n) is 4.58. The van der Waals surface area contributed by atoms with E-state index in [9.17, 15) is 16.8 Å². The Labute approximate surface area is 143 Å². The molecule has 132 valence electrons. The largest absolute Gasteiger partial charge is 0.294 e. The Bertz CT molecular complexity index is 763. The van der Waals surface area contributed by atoms with Gasteiger partial charge < -0.3 is 0 Å². The molecular weight excluding hydrogens is 352 g/mol. The summed E-state index contributed by atoms with van der Waals surface area (Å²) < 4.78 is 59.1. The van der Waals surface area contributed by atoms with E-state index in [1.54, 1.807) is 24.3 Å². The van der Waals surface area contributed by atoms with Crippen LogP contribution in [0.15, 0.2) is 71.5 Å². The first-order chi connectivity index (χ1) is 11.0. The van der Waals surface area contributed by atoms with Crippen molar-refractivity contribution in [3.63, 3.8) is 0 Å². The average Bonchev–Trinajstić information content (AvgIpc) is 2.49. The number of hydrogen-bond donors (Lipinski definition) is 2. The lowest BCUT2D eigenvalue weighted by Crippen LogP contribution is -1.96. The summed E-state index contributed by atoms with van der Waals surface area (Å²) in [5, 5.41) is 0. The predicted octanol–water partition coefficient (Wildman–Crippen LogP) is 3.29. The fraction of sp³-hybridized carbons (Fsp3) is 0.125. The van der Waals surface area contributed by atoms with Gasteiger partial charge in [-0.2, -0.15) is 16.8 Å². The zero-order valence-electron chi connectivity index (χ0n) is 13.4. The smallest absolute Gasteiger partial charge is 0.282 e. The lowest BCUT2D eigenvalue weighted by Gasteiger charge is -1.95. The number of hydrogen-bond acceptors (Lipinski definition) is 4. The van der Waals surface area contributed by atoms with Crippen molar-refractivity contribution >= 4 is 20.2 Å². The van der Waals surface area contributed by atoms with Crippen LogP contribution in [-0.2, 0) is 20.2 Å². The topological polar surface area (TPSA) is 109 Å². The average molecular weight is 372 g/mol. The molecule has 0 saturated carbocycles. The van der Waals surface area contributed by atoms with Crippen molar-refractivity contribution in [2.24, 2.45) is 0 Å². The minimum absolute atomic E-state index is 0.0666. The van der Waals surface area contributed by atoms with Gasteiger partial charge in [0.2, 0.25) is 0 Å². The van der Waals surface area contributed by atoms with Crippen LogP contribution in [0.1, 0.15) is 11.1 Å². The minimum atomic E-state index is -4.02. The molecule has 0 aliphatic rings. The number of aryl methyl sites for hydroxylation is 2. The molecule has 2 aromatic rings. The third-order valence-electron chi connectivity index (χ3n) is 2.64. The second-order valence-corrected chi connectivity index (χ2v) is 7.42. The highest BCUT2D eigenvalue weighted by molar-refractivity contribution is 7.86. The molecule has 0 radical (unpaired) electrons. The predicted molar refractivity (Wildman–Crippen MR) is 93.2 cm³/mol. The molecule has 24 heavy (non-hydrogen) atoms. The van der Waals surface area contributed by atoms with Crippen LogP contribution < -0.4 is 0 Å². The Balaban J connectivity index is 0.000000400. The Morgan fingerprint density at radius 2 is 0.833 bits per heavy atom. The standard InChI is InChI=1S/2C7H8O3S.C2H4/c2*1-6-2-4-7(5-3-6)11(8,9)10;1-2/h2*2-5H,1H3,(H,8,9,10);1-2H2. The molecule has 0 spiro atoms. The minimum Gasteiger partial charge on any atom is -0.282 e. The van der Waals surface area contributed by atoms with Gasteiger partial charge in [-0.1, -0.05) is 35.4 Å². The van der Waals surface area contributed by atoms with Crippen molar-refractivity contribution in [1.29, 1.82) is 0 Å². The van der Waals surface area contributed by atoms with E-state index in [4.69, 9.17) is 9.11 Å². The molecule has 0 aliphatic carbocycles. The summed E-state index contributed by atoms with van der Waals surface area (Å²) in [5.41, 5.74) is 1.91. The van der Waals surface area contributed by atoms with Crippen LogP contribution in [0.3, 0.4) is 0 Å². The maximum atomic E-state index is 10.5. The molecule has 0 heterocycles. The molecular formula is C16H20O6S2. The zero-order valence-corrected chi connectivity index (χ0v) is 15.0. The summed E-state index contributed by atoms with van der Waals surface area (Å²) in [6.07, 6.45) is 0. The number of benzene rings is 2. The van der Waals surface area contributed by atoms with Gasteiger partial charge in [0.25, 0.3) is 20.2 Å². The van der Waals surface area contributed by atoms with Crippen LogP contribution in [0.4, 0.5) is 0 Å². The maximum Gasteiger partial charge on any atom is 0.294 e. The van der Waals surface area contributed by atoms with Crippen molar-refractivity contribution in [3.8, 4) is 0 Å². The molecule has 2 N–H and O–H groups in total. The molecule has 0 aliphatic heterocycles. The van der Waals surface area contributed by atoms with Crippen molar-refractivity contribution in [2.75, 3.05) is 0 Å². The van der Waals surface area contributed by atoms with Gasteiger partial charge in [0.15, 0.2) is 0 Å². The molecule has 0 fully saturated rings. The van der Waals surface area contributed by atoms with Crippen LogP contribution in [0, 0.1) is 13.8 Å². The molecule has 2 aromatic carbocycles. The Hall–Kier alpha value is -2.00. The third-order valence-corrected chi connectivity index (χ3v) is 4.37. The van der Waals surface area contributed by atoms with Gasteiger partial charge >= 0.3 is 0 Å². The number of rotatable bonds is 2. The molecule has 0 aromatic heterocycles. The first-order valence-corrected chi connectivity index (χ1v) is 9.46. The molecule has 2 rings (SSSR count). The van der Waals surface area contributed by atoms with Crippen LogP contribution in [0.2, 0.25) is 0 Å². The van der Waals surface area contributed by atoms with Gasteiger partial charge in [0.05, 0.1) is 9.79 Å². The van der Waals surface area contributed by atoms with Crippen LogP contribution >= 0.6 is 0 Å². The Morgan fingerprint density at radius 1 is 0.625 bits per heavy atom. The van der Waals surface area contributed by atoms with E-state index in [-0.39, 0.29) is 9.79 Å². The molecule has 0 atom stereocenters. The lowest BCUT2D eigenvalue weighted by atomic mass is 10.2. The summed E-state index contributed by atoms with van der Waals surface area (Å²) in [6, 6.07) is 12.0.